The summed E-state index contributed by atoms with van der Waals surface area (Å²) in [4.78, 5) is 0. The Labute approximate surface area is 380 Å². The molecule has 0 amide bonds. The molecule has 0 heterocycles. The standard InChI is InChI=1S/2C19H31.C4H10O.3ClH.F6P.2Mo/c2*1-17(2,3)14-10-11-15(18(4,5)6)13-16(12-14)19(7,8)9;1-3-5-4-2;;;;1-7(2,3,4,5)6;;/h2*10-13H,1-9H3;3-4H2,1-2H3;3*1H;;;/q2*+1;;;;;-1;;/p-3. The first-order valence-electron chi connectivity index (χ1n) is 17.6. The van der Waals surface area contributed by atoms with Crippen molar-refractivity contribution in [2.75, 3.05) is 13.2 Å². The van der Waals surface area contributed by atoms with Crippen LogP contribution in [0.5, 0.6) is 0 Å². The van der Waals surface area contributed by atoms with Gasteiger partial charge in [-0.15, -0.1) is 0 Å². The molecule has 0 aromatic heterocycles. The number of hydrogen-bond acceptors (Lipinski definition) is 1. The predicted molar refractivity (Wildman–Crippen MR) is 210 cm³/mol. The second-order valence-electron chi connectivity index (χ2n) is 19.2. The fourth-order valence-electron chi connectivity index (χ4n) is 4.24. The Kier molecular flexibility index (Phi) is 30.5. The second kappa shape index (κ2) is 24.0. The van der Waals surface area contributed by atoms with Crippen LogP contribution in [0.3, 0.4) is 0 Å². The van der Waals surface area contributed by atoms with Gasteiger partial charge >= 0.3 is 33.0 Å². The average Bonchev–Trinajstić information content (AvgIpc) is 3.20. The molecule has 2 aromatic carbocycles. The molecule has 0 saturated carbocycles. The van der Waals surface area contributed by atoms with Gasteiger partial charge in [-0.1, -0.05) is 41.5 Å². The van der Waals surface area contributed by atoms with E-state index in [2.05, 4.69) is 173 Å². The van der Waals surface area contributed by atoms with Gasteiger partial charge in [0.15, 0.2) is 0 Å². The fraction of sp³-hybridized carbons (Fsp3) is 0.667. The van der Waals surface area contributed by atoms with Crippen LogP contribution in [0.1, 0.15) is 172 Å². The van der Waals surface area contributed by atoms with E-state index in [9.17, 15) is 25.2 Å². The molecule has 0 bridgehead atoms. The van der Waals surface area contributed by atoms with Crippen LogP contribution in [0.15, 0.2) is 48.5 Å². The summed E-state index contributed by atoms with van der Waals surface area (Å²) in [6.45, 7) is 46.8. The van der Waals surface area contributed by atoms with E-state index >= 15 is 0 Å². The van der Waals surface area contributed by atoms with Gasteiger partial charge in [0.05, 0.1) is 35.4 Å². The smallest absolute Gasteiger partial charge is 0 e. The Morgan fingerprint density at radius 2 is 0.655 bits per heavy atom. The molecule has 0 atom stereocenters. The summed E-state index contributed by atoms with van der Waals surface area (Å²) >= 11 is 0. The number of halogens is 9. The summed E-state index contributed by atoms with van der Waals surface area (Å²) in [6, 6.07) is 18.7. The van der Waals surface area contributed by atoms with Crippen molar-refractivity contribution in [3.63, 3.8) is 0 Å². The zero-order chi connectivity index (χ0) is 40.7. The first-order chi connectivity index (χ1) is 21.5. The molecule has 2 rings (SSSR count). The van der Waals surface area contributed by atoms with E-state index in [1.807, 2.05) is 13.8 Å². The van der Waals surface area contributed by atoms with Gasteiger partial charge in [0, 0.05) is 134 Å². The van der Waals surface area contributed by atoms with Crippen LogP contribution in [0, 0.1) is 0 Å². The van der Waals surface area contributed by atoms with Crippen LogP contribution < -0.4 is 37.2 Å². The third-order valence-electron chi connectivity index (χ3n) is 7.73. The first kappa shape index (κ1) is 70.0. The van der Waals surface area contributed by atoms with Gasteiger partial charge in [-0.3, -0.25) is 0 Å². The third-order valence-corrected chi connectivity index (χ3v) is 7.73. The van der Waals surface area contributed by atoms with Crippen LogP contribution in [0.4, 0.5) is 25.2 Å². The Morgan fingerprint density at radius 3 is 0.782 bits per heavy atom. The first-order valence-corrected chi connectivity index (χ1v) is 19.7. The molecule has 0 fully saturated rings. The molecule has 0 saturated heterocycles. The quantitative estimate of drug-likeness (QED) is 0.135. The minimum Gasteiger partial charge on any atom is -1.00 e. The molecule has 1 nitrogen and oxygen atoms in total. The van der Waals surface area contributed by atoms with Crippen molar-refractivity contribution in [2.45, 2.75) is 171 Å². The zero-order valence-electron chi connectivity index (χ0n) is 37.1. The monoisotopic (exact) mass is 1040 g/mol. The third kappa shape index (κ3) is 36.0. The second-order valence-corrected chi connectivity index (χ2v) is 21.1. The molecular formula is C42H72Cl3F6Mo2OP-2. The topological polar surface area (TPSA) is 9.23 Å². The summed E-state index contributed by atoms with van der Waals surface area (Å²) < 4.78 is 64.0. The summed E-state index contributed by atoms with van der Waals surface area (Å²) in [5.74, 6) is 0. The van der Waals surface area contributed by atoms with Gasteiger partial charge < -0.3 is 42.0 Å². The van der Waals surface area contributed by atoms with E-state index < -0.39 is 7.81 Å². The Bertz CT molecular complexity index is 1220. The number of rotatable bonds is 2. The van der Waals surface area contributed by atoms with Gasteiger partial charge in [0.25, 0.3) is 0 Å². The van der Waals surface area contributed by atoms with Crippen molar-refractivity contribution in [3.8, 4) is 0 Å². The predicted octanol–water partition coefficient (Wildman–Crippen LogP) is 7.15. The van der Waals surface area contributed by atoms with Crippen LogP contribution >= 0.6 is 7.81 Å². The zero-order valence-corrected chi connectivity index (χ0v) is 44.3. The van der Waals surface area contributed by atoms with Gasteiger partial charge in [0.2, 0.25) is 0 Å². The van der Waals surface area contributed by atoms with Gasteiger partial charge in [0.1, 0.15) is 0 Å². The number of ether oxygens (including phenoxy) is 1. The van der Waals surface area contributed by atoms with Crippen LogP contribution in [-0.4, -0.2) is 13.2 Å². The molecule has 0 N–H and O–H groups in total. The summed E-state index contributed by atoms with van der Waals surface area (Å²) in [5, 5.41) is 0. The van der Waals surface area contributed by atoms with Crippen molar-refractivity contribution < 1.29 is 109 Å². The SMILES string of the molecule is CC(C)(C)c1cc[c+](C(C)(C)C)cc(C(C)(C)C)c1.CC(C)(C)c1cc[c+](C(C)(C)C)cc(C(C)(C)C)c1.CCOCC.F[P-](F)(F)(F)(F)F.[Cl-].[Cl-].[Cl-].[Mo].[Mo]. The van der Waals surface area contributed by atoms with E-state index in [1.54, 1.807) is 0 Å². The van der Waals surface area contributed by atoms with Crippen molar-refractivity contribution in [1.29, 1.82) is 0 Å². The van der Waals surface area contributed by atoms with Crippen LogP contribution in [0.25, 0.3) is 0 Å². The molecular weight excluding hydrogens is 964 g/mol. The normalized spacial score (nSPS) is 13.1. The molecule has 328 valence electrons. The van der Waals surface area contributed by atoms with E-state index in [0.29, 0.717) is 0 Å². The van der Waals surface area contributed by atoms with Gasteiger partial charge in [-0.2, -0.15) is 0 Å². The van der Waals surface area contributed by atoms with Gasteiger partial charge in [-0.25, -0.2) is 0 Å². The van der Waals surface area contributed by atoms with Crippen LogP contribution in [-0.2, 0) is 79.4 Å². The average molecular weight is 1040 g/mol. The molecule has 0 spiro atoms. The van der Waals surface area contributed by atoms with Crippen molar-refractivity contribution >= 4 is 7.81 Å². The minimum absolute atomic E-state index is 0. The Hall–Kier alpha value is 0.397. The van der Waals surface area contributed by atoms with E-state index in [1.165, 1.54) is 33.4 Å². The minimum atomic E-state index is -10.7. The molecule has 0 aliphatic carbocycles. The molecule has 0 unspecified atom stereocenters. The maximum absolute atomic E-state index is 10.7. The van der Waals surface area contributed by atoms with E-state index in [4.69, 9.17) is 4.74 Å². The largest absolute Gasteiger partial charge is 1.00 e. The Morgan fingerprint density at radius 1 is 0.455 bits per heavy atom. The van der Waals surface area contributed by atoms with Gasteiger partial charge in [-0.05, 0) is 96.9 Å². The van der Waals surface area contributed by atoms with E-state index in [-0.39, 0.29) is 112 Å². The van der Waals surface area contributed by atoms with Crippen LogP contribution in [0.2, 0.25) is 0 Å². The summed E-state index contributed by atoms with van der Waals surface area (Å²) in [5.41, 5.74) is 9.60. The fourth-order valence-corrected chi connectivity index (χ4v) is 4.24. The van der Waals surface area contributed by atoms with E-state index in [0.717, 1.165) is 13.2 Å². The Balaban J connectivity index is -0.000000121. The summed E-state index contributed by atoms with van der Waals surface area (Å²) in [7, 11) is -10.7. The molecule has 0 radical (unpaired) electrons. The molecule has 0 aliphatic heterocycles. The molecule has 0 aliphatic rings. The molecule has 55 heavy (non-hydrogen) atoms. The van der Waals surface area contributed by atoms with Crippen molar-refractivity contribution in [1.82, 2.24) is 0 Å². The summed E-state index contributed by atoms with van der Waals surface area (Å²) in [6.07, 6.45) is 0. The molecule has 2 aromatic rings. The van der Waals surface area contributed by atoms with Crippen molar-refractivity contribution in [3.05, 3.63) is 81.9 Å². The number of hydrogen-bond donors (Lipinski definition) is 0. The van der Waals surface area contributed by atoms with Crippen molar-refractivity contribution in [2.24, 2.45) is 0 Å². The molecule has 13 heteroatoms. The maximum Gasteiger partial charge on any atom is 0 e. The maximum atomic E-state index is 9.87.